The molecule has 1 heterocycles. The van der Waals surface area contributed by atoms with Gasteiger partial charge in [-0.2, -0.15) is 0 Å². The number of carbonyl (C=O) groups excluding carboxylic acids is 1. The number of fused-ring (bicyclic) bond motifs is 1. The number of aryl methyl sites for hydroxylation is 1. The number of nitrogens with one attached hydrogen (secondary N) is 2. The van der Waals surface area contributed by atoms with Gasteiger partial charge < -0.3 is 15.5 Å². The summed E-state index contributed by atoms with van der Waals surface area (Å²) in [6, 6.07) is 6.93. The van der Waals surface area contributed by atoms with Crippen LogP contribution in [0.25, 0.3) is 0 Å². The van der Waals surface area contributed by atoms with Gasteiger partial charge in [-0.3, -0.25) is 4.79 Å². The summed E-state index contributed by atoms with van der Waals surface area (Å²) < 4.78 is 0. The molecule has 0 saturated heterocycles. The smallest absolute Gasteiger partial charge is 0.239 e. The summed E-state index contributed by atoms with van der Waals surface area (Å²) in [5.74, 6) is 0.0643. The number of anilines is 2. The molecule has 1 aromatic carbocycles. The van der Waals surface area contributed by atoms with E-state index in [0.29, 0.717) is 19.1 Å². The molecular weight excluding hydrogens is 238 g/mol. The first kappa shape index (κ1) is 13.7. The molecule has 4 heteroatoms. The van der Waals surface area contributed by atoms with Crippen molar-refractivity contribution in [3.63, 3.8) is 0 Å². The van der Waals surface area contributed by atoms with Crippen LogP contribution in [0, 0.1) is 0 Å². The van der Waals surface area contributed by atoms with Crippen molar-refractivity contribution in [1.29, 1.82) is 0 Å². The standard InChI is InChI=1S/C15H23N3O/c1-4-16-15(19)10-18(3)13-7-8-14-12(9-13)6-5-11(2)17-14/h7-9,11,17H,4-6,10H2,1-3H3,(H,16,19). The number of amides is 1. The fraction of sp³-hybridized carbons (Fsp3) is 0.533. The Labute approximate surface area is 115 Å². The number of hydrogen-bond acceptors (Lipinski definition) is 3. The van der Waals surface area contributed by atoms with Crippen LogP contribution in [0.1, 0.15) is 25.8 Å². The van der Waals surface area contributed by atoms with Gasteiger partial charge in [-0.05, 0) is 50.5 Å². The summed E-state index contributed by atoms with van der Waals surface area (Å²) in [7, 11) is 1.95. The molecule has 1 amide bonds. The van der Waals surface area contributed by atoms with Crippen molar-refractivity contribution in [3.05, 3.63) is 23.8 Å². The van der Waals surface area contributed by atoms with Crippen LogP contribution < -0.4 is 15.5 Å². The fourth-order valence-electron chi connectivity index (χ4n) is 2.43. The molecule has 1 aliphatic heterocycles. The summed E-state index contributed by atoms with van der Waals surface area (Å²) >= 11 is 0. The largest absolute Gasteiger partial charge is 0.382 e. The minimum absolute atomic E-state index is 0.0643. The fourth-order valence-corrected chi connectivity index (χ4v) is 2.43. The third-order valence-electron chi connectivity index (χ3n) is 3.53. The van der Waals surface area contributed by atoms with E-state index < -0.39 is 0 Å². The van der Waals surface area contributed by atoms with E-state index in [0.717, 1.165) is 18.5 Å². The van der Waals surface area contributed by atoms with Crippen LogP contribution >= 0.6 is 0 Å². The van der Waals surface area contributed by atoms with Gasteiger partial charge in [0.1, 0.15) is 0 Å². The zero-order valence-electron chi connectivity index (χ0n) is 12.0. The van der Waals surface area contributed by atoms with Crippen molar-refractivity contribution < 1.29 is 4.79 Å². The van der Waals surface area contributed by atoms with Crippen molar-refractivity contribution in [2.75, 3.05) is 30.4 Å². The number of carbonyl (C=O) groups is 1. The molecule has 1 atom stereocenters. The van der Waals surface area contributed by atoms with Crippen LogP contribution in [0.3, 0.4) is 0 Å². The highest BCUT2D eigenvalue weighted by molar-refractivity contribution is 5.81. The van der Waals surface area contributed by atoms with Gasteiger partial charge in [-0.25, -0.2) is 0 Å². The molecule has 0 radical (unpaired) electrons. The zero-order valence-corrected chi connectivity index (χ0v) is 12.0. The Bertz CT molecular complexity index is 459. The first-order valence-corrected chi connectivity index (χ1v) is 6.97. The lowest BCUT2D eigenvalue weighted by Crippen LogP contribution is -2.35. The van der Waals surface area contributed by atoms with Crippen LogP contribution in [-0.4, -0.2) is 32.1 Å². The van der Waals surface area contributed by atoms with Gasteiger partial charge in [-0.15, -0.1) is 0 Å². The molecule has 2 N–H and O–H groups in total. The van der Waals surface area contributed by atoms with E-state index in [1.54, 1.807) is 0 Å². The molecule has 1 aromatic rings. The van der Waals surface area contributed by atoms with Crippen molar-refractivity contribution in [3.8, 4) is 0 Å². The van der Waals surface area contributed by atoms with Crippen LogP contribution in [0.4, 0.5) is 11.4 Å². The lowest BCUT2D eigenvalue weighted by molar-refractivity contribution is -0.119. The molecule has 0 spiro atoms. The molecule has 1 unspecified atom stereocenters. The van der Waals surface area contributed by atoms with Crippen molar-refractivity contribution >= 4 is 17.3 Å². The van der Waals surface area contributed by atoms with Crippen LogP contribution in [-0.2, 0) is 11.2 Å². The first-order valence-electron chi connectivity index (χ1n) is 6.97. The van der Waals surface area contributed by atoms with E-state index in [1.165, 1.54) is 11.3 Å². The van der Waals surface area contributed by atoms with Crippen molar-refractivity contribution in [2.24, 2.45) is 0 Å². The number of nitrogens with zero attached hydrogens (tertiary/aromatic N) is 1. The van der Waals surface area contributed by atoms with E-state index in [2.05, 4.69) is 35.8 Å². The predicted octanol–water partition coefficient (Wildman–Crippen LogP) is 2.01. The maximum absolute atomic E-state index is 11.6. The molecule has 0 fully saturated rings. The summed E-state index contributed by atoms with van der Waals surface area (Å²) in [6.45, 7) is 5.22. The van der Waals surface area contributed by atoms with Gasteiger partial charge in [0.15, 0.2) is 0 Å². The lowest BCUT2D eigenvalue weighted by Gasteiger charge is -2.26. The van der Waals surface area contributed by atoms with Gasteiger partial charge in [0.25, 0.3) is 0 Å². The topological polar surface area (TPSA) is 44.4 Å². The third kappa shape index (κ3) is 3.40. The molecule has 104 valence electrons. The van der Waals surface area contributed by atoms with Gasteiger partial charge in [0.05, 0.1) is 6.54 Å². The van der Waals surface area contributed by atoms with Crippen LogP contribution in [0.5, 0.6) is 0 Å². The van der Waals surface area contributed by atoms with E-state index in [1.807, 2.05) is 18.9 Å². The van der Waals surface area contributed by atoms with Crippen molar-refractivity contribution in [2.45, 2.75) is 32.7 Å². The van der Waals surface area contributed by atoms with Gasteiger partial charge in [0.2, 0.25) is 5.91 Å². The zero-order chi connectivity index (χ0) is 13.8. The summed E-state index contributed by atoms with van der Waals surface area (Å²) in [6.07, 6.45) is 2.27. The summed E-state index contributed by atoms with van der Waals surface area (Å²) in [4.78, 5) is 13.6. The second kappa shape index (κ2) is 5.95. The minimum atomic E-state index is 0.0643. The minimum Gasteiger partial charge on any atom is -0.382 e. The second-order valence-corrected chi connectivity index (χ2v) is 5.24. The molecular formula is C15H23N3O. The average molecular weight is 261 g/mol. The molecule has 2 rings (SSSR count). The molecule has 1 aliphatic rings. The lowest BCUT2D eigenvalue weighted by atomic mass is 9.98. The monoisotopic (exact) mass is 261 g/mol. The highest BCUT2D eigenvalue weighted by Gasteiger charge is 2.15. The summed E-state index contributed by atoms with van der Waals surface area (Å²) in [5.41, 5.74) is 3.67. The maximum atomic E-state index is 11.6. The highest BCUT2D eigenvalue weighted by Crippen LogP contribution is 2.28. The Morgan fingerprint density at radius 1 is 1.53 bits per heavy atom. The second-order valence-electron chi connectivity index (χ2n) is 5.24. The predicted molar refractivity (Wildman–Crippen MR) is 79.8 cm³/mol. The first-order chi connectivity index (χ1) is 9.10. The molecule has 4 nitrogen and oxygen atoms in total. The normalized spacial score (nSPS) is 17.3. The Morgan fingerprint density at radius 2 is 2.32 bits per heavy atom. The van der Waals surface area contributed by atoms with E-state index in [4.69, 9.17) is 0 Å². The van der Waals surface area contributed by atoms with Gasteiger partial charge in [-0.1, -0.05) is 0 Å². The Kier molecular flexibility index (Phi) is 4.30. The Hall–Kier alpha value is -1.71. The molecule has 0 bridgehead atoms. The van der Waals surface area contributed by atoms with Crippen LogP contribution in [0.2, 0.25) is 0 Å². The van der Waals surface area contributed by atoms with Crippen LogP contribution in [0.15, 0.2) is 18.2 Å². The Balaban J connectivity index is 2.07. The number of benzene rings is 1. The van der Waals surface area contributed by atoms with E-state index >= 15 is 0 Å². The number of likely N-dealkylation sites (N-methyl/N-ethyl adjacent to an activating group) is 2. The molecule has 0 saturated carbocycles. The molecule has 0 aliphatic carbocycles. The maximum Gasteiger partial charge on any atom is 0.239 e. The third-order valence-corrected chi connectivity index (χ3v) is 3.53. The average Bonchev–Trinajstić information content (AvgIpc) is 2.38. The van der Waals surface area contributed by atoms with Gasteiger partial charge >= 0.3 is 0 Å². The molecule has 19 heavy (non-hydrogen) atoms. The van der Waals surface area contributed by atoms with E-state index in [-0.39, 0.29) is 5.91 Å². The number of hydrogen-bond donors (Lipinski definition) is 2. The van der Waals surface area contributed by atoms with Gasteiger partial charge in [0, 0.05) is 31.0 Å². The summed E-state index contributed by atoms with van der Waals surface area (Å²) in [5, 5.41) is 6.31. The highest BCUT2D eigenvalue weighted by atomic mass is 16.1. The quantitative estimate of drug-likeness (QED) is 0.871. The molecule has 0 aromatic heterocycles. The van der Waals surface area contributed by atoms with Crippen molar-refractivity contribution in [1.82, 2.24) is 5.32 Å². The van der Waals surface area contributed by atoms with E-state index in [9.17, 15) is 4.79 Å². The Morgan fingerprint density at radius 3 is 3.05 bits per heavy atom. The number of rotatable bonds is 4. The SMILES string of the molecule is CCNC(=O)CN(C)c1ccc2c(c1)CCC(C)N2.